The van der Waals surface area contributed by atoms with E-state index in [2.05, 4.69) is 24.9 Å². The van der Waals surface area contributed by atoms with Crippen LogP contribution < -0.4 is 5.32 Å². The van der Waals surface area contributed by atoms with Crippen molar-refractivity contribution in [2.45, 2.75) is 19.8 Å². The number of fused-ring (bicyclic) bond motifs is 1. The number of nitrogens with zero attached hydrogens (tertiary/aromatic N) is 3. The summed E-state index contributed by atoms with van der Waals surface area (Å²) in [7, 11) is 0. The molecule has 3 aromatic rings. The Bertz CT molecular complexity index is 728. The van der Waals surface area contributed by atoms with Crippen molar-refractivity contribution in [2.24, 2.45) is 0 Å². The van der Waals surface area contributed by atoms with Crippen molar-refractivity contribution in [1.82, 2.24) is 19.6 Å². The number of hydrogen-bond acceptors (Lipinski definition) is 5. The highest BCUT2D eigenvalue weighted by Gasteiger charge is 2.19. The van der Waals surface area contributed by atoms with Gasteiger partial charge < -0.3 is 4.98 Å². The fraction of sp³-hybridized carbons (Fsp3) is 0.231. The third kappa shape index (κ3) is 2.27. The highest BCUT2D eigenvalue weighted by atomic mass is 32.1. The van der Waals surface area contributed by atoms with E-state index in [0.717, 1.165) is 22.6 Å². The summed E-state index contributed by atoms with van der Waals surface area (Å²) in [6.45, 7) is 3.96. The molecule has 0 saturated carbocycles. The lowest BCUT2D eigenvalue weighted by Gasteiger charge is -2.03. The first-order valence-corrected chi connectivity index (χ1v) is 7.01. The van der Waals surface area contributed by atoms with E-state index < -0.39 is 0 Å². The number of H-pyrrole nitrogens is 1. The molecule has 1 amide bonds. The summed E-state index contributed by atoms with van der Waals surface area (Å²) in [4.78, 5) is 20.1. The number of para-hydroxylation sites is 2. The molecule has 1 aromatic carbocycles. The summed E-state index contributed by atoms with van der Waals surface area (Å²) in [5, 5.41) is 6.75. The van der Waals surface area contributed by atoms with E-state index in [9.17, 15) is 4.79 Å². The first-order valence-electron chi connectivity index (χ1n) is 6.23. The van der Waals surface area contributed by atoms with Crippen molar-refractivity contribution in [3.8, 4) is 0 Å². The summed E-state index contributed by atoms with van der Waals surface area (Å²) in [5.74, 6) is 0.354. The van der Waals surface area contributed by atoms with Gasteiger partial charge in [-0.25, -0.2) is 4.98 Å². The number of carbonyl (C=O) groups is 1. The van der Waals surface area contributed by atoms with Gasteiger partial charge in [-0.2, -0.15) is 0 Å². The van der Waals surface area contributed by atoms with E-state index in [4.69, 9.17) is 0 Å². The van der Waals surface area contributed by atoms with Crippen LogP contribution in [-0.2, 0) is 0 Å². The van der Waals surface area contributed by atoms with Crippen molar-refractivity contribution < 1.29 is 4.79 Å². The van der Waals surface area contributed by atoms with Crippen molar-refractivity contribution in [1.29, 1.82) is 0 Å². The molecule has 0 atom stereocenters. The minimum Gasteiger partial charge on any atom is -0.324 e. The maximum atomic E-state index is 12.2. The molecule has 0 aliphatic heterocycles. The van der Waals surface area contributed by atoms with E-state index in [1.165, 1.54) is 0 Å². The van der Waals surface area contributed by atoms with Crippen LogP contribution in [0.5, 0.6) is 0 Å². The highest BCUT2D eigenvalue weighted by Crippen LogP contribution is 2.21. The van der Waals surface area contributed by atoms with Crippen molar-refractivity contribution in [2.75, 3.05) is 5.32 Å². The molecule has 0 unspecified atom stereocenters. The van der Waals surface area contributed by atoms with E-state index in [0.29, 0.717) is 16.5 Å². The molecule has 3 rings (SSSR count). The van der Waals surface area contributed by atoms with Crippen LogP contribution in [0.4, 0.5) is 5.95 Å². The molecule has 7 heteroatoms. The Hall–Kier alpha value is -2.28. The van der Waals surface area contributed by atoms with Gasteiger partial charge in [0.15, 0.2) is 0 Å². The third-order valence-electron chi connectivity index (χ3n) is 2.89. The van der Waals surface area contributed by atoms with Gasteiger partial charge in [-0.1, -0.05) is 30.5 Å². The Kier molecular flexibility index (Phi) is 3.19. The molecule has 6 nitrogen and oxygen atoms in total. The second-order valence-corrected chi connectivity index (χ2v) is 5.45. The summed E-state index contributed by atoms with van der Waals surface area (Å²) < 4.78 is 3.85. The van der Waals surface area contributed by atoms with Gasteiger partial charge in [0.25, 0.3) is 5.91 Å². The van der Waals surface area contributed by atoms with E-state index in [-0.39, 0.29) is 11.8 Å². The molecule has 2 heterocycles. The second-order valence-electron chi connectivity index (χ2n) is 4.70. The number of nitrogens with one attached hydrogen (secondary N) is 2. The average molecular weight is 287 g/mol. The number of amides is 1. The number of benzene rings is 1. The molecule has 0 spiro atoms. The molecular formula is C13H13N5OS. The van der Waals surface area contributed by atoms with Crippen LogP contribution in [0, 0.1) is 0 Å². The highest BCUT2D eigenvalue weighted by molar-refractivity contribution is 7.08. The summed E-state index contributed by atoms with van der Waals surface area (Å²) in [5.41, 5.74) is 2.41. The number of aromatic nitrogens is 4. The Morgan fingerprint density at radius 1 is 1.35 bits per heavy atom. The molecule has 2 aromatic heterocycles. The smallest absolute Gasteiger partial charge is 0.271 e. The van der Waals surface area contributed by atoms with E-state index >= 15 is 0 Å². The topological polar surface area (TPSA) is 83.6 Å². The molecule has 102 valence electrons. The standard InChI is InChI=1S/C13H13N5OS/c1-7(2)10-11(20-18-17-10)12(19)16-13-14-8-5-3-4-6-9(8)15-13/h3-7H,1-2H3,(H2,14,15,16,19). The predicted octanol–water partition coefficient (Wildman–Crippen LogP) is 2.79. The van der Waals surface area contributed by atoms with Crippen molar-refractivity contribution >= 4 is 34.4 Å². The Balaban J connectivity index is 1.86. The van der Waals surface area contributed by atoms with Crippen molar-refractivity contribution in [3.05, 3.63) is 34.8 Å². The van der Waals surface area contributed by atoms with Gasteiger partial charge in [0.1, 0.15) is 4.88 Å². The molecule has 2 N–H and O–H groups in total. The van der Waals surface area contributed by atoms with Gasteiger partial charge in [0.05, 0.1) is 16.7 Å². The van der Waals surface area contributed by atoms with Gasteiger partial charge in [-0.05, 0) is 29.6 Å². The zero-order valence-electron chi connectivity index (χ0n) is 11.0. The number of imidazole rings is 1. The maximum absolute atomic E-state index is 12.2. The predicted molar refractivity (Wildman–Crippen MR) is 78.0 cm³/mol. The van der Waals surface area contributed by atoms with Crippen LogP contribution in [0.15, 0.2) is 24.3 Å². The molecule has 0 fully saturated rings. The molecule has 0 aliphatic carbocycles. The van der Waals surface area contributed by atoms with Crippen LogP contribution in [0.25, 0.3) is 11.0 Å². The summed E-state index contributed by atoms with van der Waals surface area (Å²) >= 11 is 1.10. The second kappa shape index (κ2) is 5.01. The summed E-state index contributed by atoms with van der Waals surface area (Å²) in [6, 6.07) is 7.61. The molecule has 0 saturated heterocycles. The van der Waals surface area contributed by atoms with Gasteiger partial charge >= 0.3 is 0 Å². The minimum absolute atomic E-state index is 0.158. The quantitative estimate of drug-likeness (QED) is 0.776. The normalized spacial score (nSPS) is 11.2. The van der Waals surface area contributed by atoms with Crippen LogP contribution in [0.3, 0.4) is 0 Å². The zero-order chi connectivity index (χ0) is 14.1. The third-order valence-corrected chi connectivity index (χ3v) is 3.63. The van der Waals surface area contributed by atoms with Crippen LogP contribution in [0.2, 0.25) is 0 Å². The minimum atomic E-state index is -0.234. The van der Waals surface area contributed by atoms with Crippen molar-refractivity contribution in [3.63, 3.8) is 0 Å². The number of anilines is 1. The number of aromatic amines is 1. The van der Waals surface area contributed by atoms with Crippen LogP contribution in [0.1, 0.15) is 35.1 Å². The lowest BCUT2D eigenvalue weighted by Crippen LogP contribution is -2.14. The number of rotatable bonds is 3. The van der Waals surface area contributed by atoms with Gasteiger partial charge in [-0.15, -0.1) is 5.10 Å². The molecule has 0 radical (unpaired) electrons. The lowest BCUT2D eigenvalue weighted by molar-refractivity contribution is 0.102. The van der Waals surface area contributed by atoms with Crippen LogP contribution in [-0.4, -0.2) is 25.5 Å². The molecule has 0 bridgehead atoms. The van der Waals surface area contributed by atoms with E-state index in [1.807, 2.05) is 38.1 Å². The molecule has 20 heavy (non-hydrogen) atoms. The fourth-order valence-electron chi connectivity index (χ4n) is 1.91. The van der Waals surface area contributed by atoms with Gasteiger partial charge in [0.2, 0.25) is 5.95 Å². The number of hydrogen-bond donors (Lipinski definition) is 2. The van der Waals surface area contributed by atoms with Gasteiger partial charge in [-0.3, -0.25) is 10.1 Å². The van der Waals surface area contributed by atoms with Gasteiger partial charge in [0, 0.05) is 0 Å². The fourth-order valence-corrected chi connectivity index (χ4v) is 2.62. The Labute approximate surface area is 119 Å². The molecular weight excluding hydrogens is 274 g/mol. The largest absolute Gasteiger partial charge is 0.324 e. The molecule has 0 aliphatic rings. The average Bonchev–Trinajstić information content (AvgIpc) is 3.04. The lowest BCUT2D eigenvalue weighted by atomic mass is 10.1. The van der Waals surface area contributed by atoms with E-state index in [1.54, 1.807) is 0 Å². The Morgan fingerprint density at radius 3 is 2.90 bits per heavy atom. The zero-order valence-corrected chi connectivity index (χ0v) is 11.9. The summed E-state index contributed by atoms with van der Waals surface area (Å²) in [6.07, 6.45) is 0. The first-order chi connectivity index (χ1) is 9.65. The monoisotopic (exact) mass is 287 g/mol. The van der Waals surface area contributed by atoms with Crippen LogP contribution >= 0.6 is 11.5 Å². The SMILES string of the molecule is CC(C)c1nnsc1C(=O)Nc1nc2ccccc2[nH]1. The number of carbonyl (C=O) groups excluding carboxylic acids is 1. The Morgan fingerprint density at radius 2 is 2.15 bits per heavy atom. The first kappa shape index (κ1) is 12.7. The maximum Gasteiger partial charge on any atom is 0.271 e.